The topological polar surface area (TPSA) is 88.8 Å². The Hall–Kier alpha value is -3.85. The van der Waals surface area contributed by atoms with E-state index in [0.29, 0.717) is 41.4 Å². The predicted octanol–water partition coefficient (Wildman–Crippen LogP) is 4.25. The van der Waals surface area contributed by atoms with Gasteiger partial charge in [0, 0.05) is 37.6 Å². The molecular formula is C24H21ClFN7O. The summed E-state index contributed by atoms with van der Waals surface area (Å²) in [5, 5.41) is 7.49. The number of benzene rings is 1. The van der Waals surface area contributed by atoms with Crippen LogP contribution >= 0.6 is 11.6 Å². The van der Waals surface area contributed by atoms with Gasteiger partial charge in [-0.1, -0.05) is 17.7 Å². The van der Waals surface area contributed by atoms with Gasteiger partial charge >= 0.3 is 0 Å². The number of nitrogens with one attached hydrogen (secondary N) is 1. The van der Waals surface area contributed by atoms with Gasteiger partial charge in [-0.3, -0.25) is 9.48 Å². The van der Waals surface area contributed by atoms with E-state index in [1.54, 1.807) is 42.5 Å². The molecule has 4 heterocycles. The SMILES string of the molecule is Cc1cnc(Cl)c(CC(=O)N2CCc3cc(-c4ccnc(Nc5ccnn5C)n4)cc(F)c32)c1. The molecule has 1 aliphatic heterocycles. The fourth-order valence-electron chi connectivity index (χ4n) is 4.08. The first kappa shape index (κ1) is 22.0. The van der Waals surface area contributed by atoms with E-state index in [1.807, 2.05) is 19.1 Å². The van der Waals surface area contributed by atoms with Gasteiger partial charge in [0.15, 0.2) is 0 Å². The van der Waals surface area contributed by atoms with Crippen LogP contribution in [0, 0.1) is 12.7 Å². The zero-order valence-corrected chi connectivity index (χ0v) is 19.3. The quantitative estimate of drug-likeness (QED) is 0.432. The van der Waals surface area contributed by atoms with E-state index in [1.165, 1.54) is 11.0 Å². The van der Waals surface area contributed by atoms with Crippen LogP contribution < -0.4 is 10.2 Å². The van der Waals surface area contributed by atoms with Crippen LogP contribution in [0.15, 0.2) is 48.9 Å². The molecule has 34 heavy (non-hydrogen) atoms. The van der Waals surface area contributed by atoms with E-state index in [2.05, 4.69) is 25.4 Å². The van der Waals surface area contributed by atoms with Crippen molar-refractivity contribution in [2.45, 2.75) is 19.8 Å². The lowest BCUT2D eigenvalue weighted by atomic mass is 10.0. The number of hydrogen-bond acceptors (Lipinski definition) is 6. The van der Waals surface area contributed by atoms with Crippen molar-refractivity contribution < 1.29 is 9.18 Å². The summed E-state index contributed by atoms with van der Waals surface area (Å²) in [6.07, 6.45) is 5.54. The maximum absolute atomic E-state index is 15.3. The first-order valence-electron chi connectivity index (χ1n) is 10.7. The minimum atomic E-state index is -0.466. The van der Waals surface area contributed by atoms with Crippen molar-refractivity contribution >= 4 is 35.0 Å². The molecule has 0 bridgehead atoms. The number of amides is 1. The lowest BCUT2D eigenvalue weighted by Gasteiger charge is -2.19. The summed E-state index contributed by atoms with van der Waals surface area (Å²) in [5.74, 6) is 0.425. The number of carbonyl (C=O) groups excluding carboxylic acids is 1. The molecule has 5 rings (SSSR count). The number of hydrogen-bond donors (Lipinski definition) is 1. The predicted molar refractivity (Wildman–Crippen MR) is 128 cm³/mol. The van der Waals surface area contributed by atoms with E-state index < -0.39 is 5.82 Å². The van der Waals surface area contributed by atoms with Gasteiger partial charge in [0.05, 0.1) is 24.0 Å². The zero-order valence-electron chi connectivity index (χ0n) is 18.6. The monoisotopic (exact) mass is 477 g/mol. The third kappa shape index (κ3) is 4.22. The number of anilines is 3. The Labute approximate surface area is 200 Å². The van der Waals surface area contributed by atoms with Gasteiger partial charge in [-0.15, -0.1) is 0 Å². The van der Waals surface area contributed by atoms with Crippen molar-refractivity contribution in [3.8, 4) is 11.3 Å². The molecule has 10 heteroatoms. The molecule has 0 fully saturated rings. The molecule has 3 aromatic heterocycles. The molecule has 0 spiro atoms. The molecule has 0 saturated heterocycles. The van der Waals surface area contributed by atoms with Gasteiger partial charge < -0.3 is 10.2 Å². The Kier molecular flexibility index (Phi) is 5.70. The number of aryl methyl sites for hydroxylation is 2. The summed E-state index contributed by atoms with van der Waals surface area (Å²) < 4.78 is 16.9. The van der Waals surface area contributed by atoms with Gasteiger partial charge in [0.1, 0.15) is 16.8 Å². The van der Waals surface area contributed by atoms with Crippen molar-refractivity contribution in [2.75, 3.05) is 16.8 Å². The van der Waals surface area contributed by atoms with E-state index in [-0.39, 0.29) is 17.5 Å². The first-order valence-corrected chi connectivity index (χ1v) is 11.1. The number of pyridine rings is 1. The summed E-state index contributed by atoms with van der Waals surface area (Å²) in [5.41, 5.74) is 3.80. The molecule has 0 atom stereocenters. The third-order valence-corrected chi connectivity index (χ3v) is 6.06. The van der Waals surface area contributed by atoms with Crippen molar-refractivity contribution in [3.63, 3.8) is 0 Å². The van der Waals surface area contributed by atoms with Crippen LogP contribution in [0.5, 0.6) is 0 Å². The molecule has 0 aliphatic carbocycles. The molecule has 1 aromatic carbocycles. The van der Waals surface area contributed by atoms with Crippen molar-refractivity contribution in [1.82, 2.24) is 24.7 Å². The smallest absolute Gasteiger partial charge is 0.231 e. The van der Waals surface area contributed by atoms with Crippen molar-refractivity contribution in [3.05, 3.63) is 76.6 Å². The second kappa shape index (κ2) is 8.83. The molecule has 1 N–H and O–H groups in total. The maximum Gasteiger partial charge on any atom is 0.231 e. The van der Waals surface area contributed by atoms with Gasteiger partial charge in [-0.05, 0) is 48.2 Å². The molecule has 0 radical (unpaired) electrons. The molecule has 1 aliphatic rings. The maximum atomic E-state index is 15.3. The second-order valence-corrected chi connectivity index (χ2v) is 8.49. The summed E-state index contributed by atoms with van der Waals surface area (Å²) in [6, 6.07) is 8.64. The molecule has 0 saturated carbocycles. The lowest BCUT2D eigenvalue weighted by Crippen LogP contribution is -2.31. The first-order chi connectivity index (χ1) is 16.4. The van der Waals surface area contributed by atoms with E-state index in [0.717, 1.165) is 16.9 Å². The highest BCUT2D eigenvalue weighted by molar-refractivity contribution is 6.30. The van der Waals surface area contributed by atoms with E-state index in [9.17, 15) is 4.79 Å². The average molecular weight is 478 g/mol. The fourth-order valence-corrected chi connectivity index (χ4v) is 4.25. The number of halogens is 2. The number of fused-ring (bicyclic) bond motifs is 1. The van der Waals surface area contributed by atoms with Crippen LogP contribution in [0.2, 0.25) is 5.15 Å². The highest BCUT2D eigenvalue weighted by atomic mass is 35.5. The normalized spacial score (nSPS) is 12.6. The summed E-state index contributed by atoms with van der Waals surface area (Å²) >= 11 is 6.16. The summed E-state index contributed by atoms with van der Waals surface area (Å²) in [6.45, 7) is 2.29. The van der Waals surface area contributed by atoms with Crippen LogP contribution in [-0.4, -0.2) is 37.2 Å². The van der Waals surface area contributed by atoms with Crippen molar-refractivity contribution in [1.29, 1.82) is 0 Å². The molecule has 0 unspecified atom stereocenters. The van der Waals surface area contributed by atoms with Crippen LogP contribution in [0.3, 0.4) is 0 Å². The summed E-state index contributed by atoms with van der Waals surface area (Å²) in [7, 11) is 1.80. The number of rotatable bonds is 5. The zero-order chi connectivity index (χ0) is 23.8. The van der Waals surface area contributed by atoms with Crippen molar-refractivity contribution in [2.24, 2.45) is 7.05 Å². The number of carbonyl (C=O) groups is 1. The Morgan fingerprint density at radius 1 is 1.21 bits per heavy atom. The van der Waals surface area contributed by atoms with Gasteiger partial charge in [-0.2, -0.15) is 5.10 Å². The highest BCUT2D eigenvalue weighted by Crippen LogP contribution is 2.35. The van der Waals surface area contributed by atoms with Crippen LogP contribution in [0.25, 0.3) is 11.3 Å². The van der Waals surface area contributed by atoms with Crippen LogP contribution in [0.1, 0.15) is 16.7 Å². The second-order valence-electron chi connectivity index (χ2n) is 8.13. The number of nitrogens with zero attached hydrogens (tertiary/aromatic N) is 6. The summed E-state index contributed by atoms with van der Waals surface area (Å²) in [4.78, 5) is 27.4. The minimum Gasteiger partial charge on any atom is -0.309 e. The Morgan fingerprint density at radius 3 is 2.85 bits per heavy atom. The molecular weight excluding hydrogens is 457 g/mol. The minimum absolute atomic E-state index is 0.0586. The highest BCUT2D eigenvalue weighted by Gasteiger charge is 2.29. The third-order valence-electron chi connectivity index (χ3n) is 5.72. The van der Waals surface area contributed by atoms with E-state index >= 15 is 4.39 Å². The number of aromatic nitrogens is 5. The Morgan fingerprint density at radius 2 is 2.06 bits per heavy atom. The molecule has 8 nitrogen and oxygen atoms in total. The average Bonchev–Trinajstić information content (AvgIpc) is 3.43. The molecule has 172 valence electrons. The molecule has 4 aromatic rings. The van der Waals surface area contributed by atoms with Crippen LogP contribution in [-0.2, 0) is 24.7 Å². The van der Waals surface area contributed by atoms with Gasteiger partial charge in [0.25, 0.3) is 0 Å². The Balaban J connectivity index is 1.40. The largest absolute Gasteiger partial charge is 0.309 e. The van der Waals surface area contributed by atoms with E-state index in [4.69, 9.17) is 11.6 Å². The Bertz CT molecular complexity index is 1400. The lowest BCUT2D eigenvalue weighted by molar-refractivity contribution is -0.117. The standard InChI is InChI=1S/C24H21ClFN7O/c1-14-9-17(23(25)28-13-14)12-21(34)33-8-5-15-10-16(11-18(26)22(15)33)19-3-6-27-24(30-19)31-20-4-7-29-32(20)2/h3-4,6-7,9-11,13H,5,8,12H2,1-2H3,(H,27,30,31). The molecule has 1 amide bonds. The fraction of sp³-hybridized carbons (Fsp3) is 0.208. The van der Waals surface area contributed by atoms with Gasteiger partial charge in [0.2, 0.25) is 11.9 Å². The van der Waals surface area contributed by atoms with Gasteiger partial charge in [-0.25, -0.2) is 19.3 Å². The van der Waals surface area contributed by atoms with Crippen LogP contribution in [0.4, 0.5) is 21.8 Å².